The van der Waals surface area contributed by atoms with Crippen molar-refractivity contribution in [2.75, 3.05) is 20.7 Å². The molecule has 70 valence electrons. The Hall–Kier alpha value is -0.760. The van der Waals surface area contributed by atoms with Gasteiger partial charge in [0.15, 0.2) is 0 Å². The summed E-state index contributed by atoms with van der Waals surface area (Å²) in [4.78, 5) is 0. The van der Waals surface area contributed by atoms with Gasteiger partial charge in [-0.15, -0.1) is 0 Å². The fourth-order valence-corrected chi connectivity index (χ4v) is 0.878. The Morgan fingerprint density at radius 2 is 2.25 bits per heavy atom. The van der Waals surface area contributed by atoms with Gasteiger partial charge < -0.3 is 10.1 Å². The van der Waals surface area contributed by atoms with E-state index in [-0.39, 0.29) is 0 Å². The number of methoxy groups -OCH3 is 1. The zero-order valence-electron chi connectivity index (χ0n) is 8.26. The lowest BCUT2D eigenvalue weighted by Gasteiger charge is -1.98. The Morgan fingerprint density at radius 3 is 2.75 bits per heavy atom. The minimum Gasteiger partial charge on any atom is -0.497 e. The molecular formula is C10H19NO. The summed E-state index contributed by atoms with van der Waals surface area (Å²) < 4.78 is 5.06. The third-order valence-corrected chi connectivity index (χ3v) is 1.60. The smallest absolute Gasteiger partial charge is 0.114 e. The van der Waals surface area contributed by atoms with Crippen LogP contribution in [0, 0.1) is 0 Å². The van der Waals surface area contributed by atoms with E-state index in [0.29, 0.717) is 0 Å². The Balaban J connectivity index is 3.47. The number of ether oxygens (including phenoxy) is 1. The van der Waals surface area contributed by atoms with Gasteiger partial charge in [-0.2, -0.15) is 0 Å². The third kappa shape index (κ3) is 5.98. The van der Waals surface area contributed by atoms with Gasteiger partial charge in [-0.25, -0.2) is 0 Å². The molecule has 0 unspecified atom stereocenters. The van der Waals surface area contributed by atoms with E-state index < -0.39 is 0 Å². The van der Waals surface area contributed by atoms with Crippen molar-refractivity contribution in [1.29, 1.82) is 0 Å². The van der Waals surface area contributed by atoms with Crippen LogP contribution in [0.1, 0.15) is 19.8 Å². The highest BCUT2D eigenvalue weighted by molar-refractivity contribution is 5.10. The summed E-state index contributed by atoms with van der Waals surface area (Å²) in [7, 11) is 3.66. The number of rotatable bonds is 6. The SMILES string of the molecule is CC=C(C=CCCCNC)OC. The monoisotopic (exact) mass is 169 g/mol. The van der Waals surface area contributed by atoms with Crippen LogP contribution in [0.2, 0.25) is 0 Å². The molecule has 12 heavy (non-hydrogen) atoms. The van der Waals surface area contributed by atoms with Crippen molar-refractivity contribution in [2.45, 2.75) is 19.8 Å². The molecule has 0 saturated carbocycles. The number of nitrogens with one attached hydrogen (secondary N) is 1. The highest BCUT2D eigenvalue weighted by Gasteiger charge is 1.85. The molecule has 0 aliphatic heterocycles. The Morgan fingerprint density at radius 1 is 1.50 bits per heavy atom. The molecule has 0 atom stereocenters. The maximum atomic E-state index is 5.06. The standard InChI is InChI=1S/C10H19NO/c1-4-10(12-3)8-6-5-7-9-11-2/h4,6,8,11H,5,7,9H2,1-3H3. The molecule has 0 saturated heterocycles. The predicted octanol–water partition coefficient (Wildman–Crippen LogP) is 2.09. The van der Waals surface area contributed by atoms with Gasteiger partial charge in [0.2, 0.25) is 0 Å². The van der Waals surface area contributed by atoms with Crippen molar-refractivity contribution < 1.29 is 4.74 Å². The number of hydrogen-bond donors (Lipinski definition) is 1. The summed E-state index contributed by atoms with van der Waals surface area (Å²) >= 11 is 0. The van der Waals surface area contributed by atoms with Crippen molar-refractivity contribution in [3.63, 3.8) is 0 Å². The van der Waals surface area contributed by atoms with E-state index in [1.165, 1.54) is 6.42 Å². The largest absolute Gasteiger partial charge is 0.497 e. The van der Waals surface area contributed by atoms with Gasteiger partial charge in [-0.3, -0.25) is 0 Å². The molecule has 1 N–H and O–H groups in total. The van der Waals surface area contributed by atoms with Crippen LogP contribution < -0.4 is 5.32 Å². The van der Waals surface area contributed by atoms with Crippen LogP contribution in [0.15, 0.2) is 24.0 Å². The van der Waals surface area contributed by atoms with Crippen molar-refractivity contribution in [3.05, 3.63) is 24.0 Å². The van der Waals surface area contributed by atoms with Gasteiger partial charge in [0.1, 0.15) is 5.76 Å². The Labute approximate surface area is 75.3 Å². The first-order valence-electron chi connectivity index (χ1n) is 4.36. The summed E-state index contributed by atoms with van der Waals surface area (Å²) in [5.41, 5.74) is 0. The van der Waals surface area contributed by atoms with E-state index in [4.69, 9.17) is 4.74 Å². The molecule has 0 aromatic rings. The lowest BCUT2D eigenvalue weighted by atomic mass is 10.2. The highest BCUT2D eigenvalue weighted by Crippen LogP contribution is 1.99. The molecule has 0 rings (SSSR count). The average molecular weight is 169 g/mol. The molecule has 0 radical (unpaired) electrons. The average Bonchev–Trinajstić information content (AvgIpc) is 2.11. The van der Waals surface area contributed by atoms with Gasteiger partial charge in [0, 0.05) is 0 Å². The van der Waals surface area contributed by atoms with Gasteiger partial charge in [0.05, 0.1) is 7.11 Å². The van der Waals surface area contributed by atoms with E-state index in [0.717, 1.165) is 18.7 Å². The molecule has 0 aliphatic rings. The molecule has 0 aromatic carbocycles. The number of unbranched alkanes of at least 4 members (excludes halogenated alkanes) is 1. The van der Waals surface area contributed by atoms with Crippen LogP contribution in [0.5, 0.6) is 0 Å². The van der Waals surface area contributed by atoms with E-state index in [1.807, 2.05) is 26.1 Å². The van der Waals surface area contributed by atoms with Gasteiger partial charge in [-0.05, 0) is 45.5 Å². The quantitative estimate of drug-likeness (QED) is 0.373. The second kappa shape index (κ2) is 8.34. The first-order valence-corrected chi connectivity index (χ1v) is 4.36. The maximum absolute atomic E-state index is 5.06. The van der Waals surface area contributed by atoms with Crippen LogP contribution >= 0.6 is 0 Å². The molecule has 2 heteroatoms. The first kappa shape index (κ1) is 11.2. The van der Waals surface area contributed by atoms with E-state index >= 15 is 0 Å². The van der Waals surface area contributed by atoms with Gasteiger partial charge in [-0.1, -0.05) is 6.08 Å². The van der Waals surface area contributed by atoms with Crippen molar-refractivity contribution in [2.24, 2.45) is 0 Å². The molecule has 0 spiro atoms. The van der Waals surface area contributed by atoms with Crippen molar-refractivity contribution in [3.8, 4) is 0 Å². The van der Waals surface area contributed by atoms with Crippen LogP contribution in [-0.2, 0) is 4.74 Å². The minimum absolute atomic E-state index is 0.930. The van der Waals surface area contributed by atoms with E-state index in [1.54, 1.807) is 7.11 Å². The third-order valence-electron chi connectivity index (χ3n) is 1.60. The summed E-state index contributed by atoms with van der Waals surface area (Å²) in [5, 5.41) is 3.10. The normalized spacial score (nSPS) is 12.4. The van der Waals surface area contributed by atoms with Crippen LogP contribution in [0.25, 0.3) is 0 Å². The van der Waals surface area contributed by atoms with Crippen LogP contribution in [0.4, 0.5) is 0 Å². The van der Waals surface area contributed by atoms with Crippen molar-refractivity contribution in [1.82, 2.24) is 5.32 Å². The Bertz CT molecular complexity index is 150. The molecular weight excluding hydrogens is 150 g/mol. The number of allylic oxidation sites excluding steroid dienone is 3. The zero-order chi connectivity index (χ0) is 9.23. The van der Waals surface area contributed by atoms with E-state index in [2.05, 4.69) is 11.4 Å². The lowest BCUT2D eigenvalue weighted by Crippen LogP contribution is -2.06. The molecule has 0 fully saturated rings. The van der Waals surface area contributed by atoms with Gasteiger partial charge >= 0.3 is 0 Å². The molecule has 0 bridgehead atoms. The summed E-state index contributed by atoms with van der Waals surface area (Å²) in [5.74, 6) is 0.930. The zero-order valence-corrected chi connectivity index (χ0v) is 8.26. The van der Waals surface area contributed by atoms with Gasteiger partial charge in [0.25, 0.3) is 0 Å². The molecule has 0 aliphatic carbocycles. The predicted molar refractivity (Wildman–Crippen MR) is 53.1 cm³/mol. The topological polar surface area (TPSA) is 21.3 Å². The fraction of sp³-hybridized carbons (Fsp3) is 0.600. The molecule has 2 nitrogen and oxygen atoms in total. The molecule has 0 heterocycles. The second-order valence-electron chi connectivity index (χ2n) is 2.54. The first-order chi connectivity index (χ1) is 5.85. The summed E-state index contributed by atoms with van der Waals surface area (Å²) in [6.45, 7) is 3.04. The molecule has 0 aromatic heterocycles. The number of hydrogen-bond acceptors (Lipinski definition) is 2. The highest BCUT2D eigenvalue weighted by atomic mass is 16.5. The lowest BCUT2D eigenvalue weighted by molar-refractivity contribution is 0.306. The second-order valence-corrected chi connectivity index (χ2v) is 2.54. The minimum atomic E-state index is 0.930. The maximum Gasteiger partial charge on any atom is 0.114 e. The summed E-state index contributed by atoms with van der Waals surface area (Å²) in [6.07, 6.45) is 8.37. The fourth-order valence-electron chi connectivity index (χ4n) is 0.878. The van der Waals surface area contributed by atoms with E-state index in [9.17, 15) is 0 Å². The Kier molecular flexibility index (Phi) is 7.81. The van der Waals surface area contributed by atoms with Crippen LogP contribution in [-0.4, -0.2) is 20.7 Å². The van der Waals surface area contributed by atoms with Crippen LogP contribution in [0.3, 0.4) is 0 Å². The molecule has 0 amide bonds. The van der Waals surface area contributed by atoms with Crippen molar-refractivity contribution >= 4 is 0 Å². The summed E-state index contributed by atoms with van der Waals surface area (Å²) in [6, 6.07) is 0.